The fourth-order valence-corrected chi connectivity index (χ4v) is 3.68. The predicted octanol–water partition coefficient (Wildman–Crippen LogP) is 6.95. The van der Waals surface area contributed by atoms with Crippen LogP contribution in [-0.2, 0) is 0 Å². The number of aromatic carboxylic acids is 1. The van der Waals surface area contributed by atoms with Crippen LogP contribution in [0.2, 0.25) is 10.0 Å². The highest BCUT2D eigenvalue weighted by Crippen LogP contribution is 2.35. The van der Waals surface area contributed by atoms with Crippen molar-refractivity contribution in [1.29, 1.82) is 0 Å². The smallest absolute Gasteiger partial charge is 0.335 e. The largest absolute Gasteiger partial charge is 0.478 e. The lowest BCUT2D eigenvalue weighted by Crippen LogP contribution is -1.98. The molecule has 0 aliphatic rings. The fourth-order valence-electron chi connectivity index (χ4n) is 3.17. The molecule has 4 rings (SSSR count). The van der Waals surface area contributed by atoms with Gasteiger partial charge in [-0.05, 0) is 61.4 Å². The molecule has 0 saturated carbocycles. The summed E-state index contributed by atoms with van der Waals surface area (Å²) >= 11 is 12.3. The van der Waals surface area contributed by atoms with Crippen LogP contribution in [0.5, 0.6) is 11.6 Å². The molecule has 31 heavy (non-hydrogen) atoms. The molecule has 0 radical (unpaired) electrons. The highest BCUT2D eigenvalue weighted by atomic mass is 35.5. The van der Waals surface area contributed by atoms with Gasteiger partial charge >= 0.3 is 5.97 Å². The number of halogens is 2. The van der Waals surface area contributed by atoms with Gasteiger partial charge in [-0.3, -0.25) is 0 Å². The summed E-state index contributed by atoms with van der Waals surface area (Å²) in [5, 5.41) is 14.8. The summed E-state index contributed by atoms with van der Waals surface area (Å²) in [7, 11) is 0. The van der Waals surface area contributed by atoms with E-state index in [2.05, 4.69) is 5.10 Å². The van der Waals surface area contributed by atoms with E-state index in [1.54, 1.807) is 41.9 Å². The number of hydrogen-bond acceptors (Lipinski definition) is 3. The maximum Gasteiger partial charge on any atom is 0.335 e. The fraction of sp³-hybridized carbons (Fsp3) is 0.0833. The van der Waals surface area contributed by atoms with Gasteiger partial charge < -0.3 is 9.84 Å². The normalized spacial score (nSPS) is 10.8. The van der Waals surface area contributed by atoms with E-state index >= 15 is 0 Å². The molecule has 0 aliphatic carbocycles. The second-order valence-corrected chi connectivity index (χ2v) is 8.05. The van der Waals surface area contributed by atoms with E-state index in [1.165, 1.54) is 6.07 Å². The van der Waals surface area contributed by atoms with Crippen molar-refractivity contribution < 1.29 is 14.6 Å². The van der Waals surface area contributed by atoms with Crippen LogP contribution in [0.3, 0.4) is 0 Å². The quantitative estimate of drug-likeness (QED) is 0.355. The molecule has 0 atom stereocenters. The molecule has 0 aliphatic heterocycles. The Bertz CT molecular complexity index is 1260. The molecule has 0 amide bonds. The summed E-state index contributed by atoms with van der Waals surface area (Å²) in [4.78, 5) is 11.2. The second-order valence-electron chi connectivity index (χ2n) is 7.17. The van der Waals surface area contributed by atoms with Gasteiger partial charge in [-0.1, -0.05) is 53.0 Å². The molecule has 1 N–H and O–H groups in total. The zero-order valence-corrected chi connectivity index (χ0v) is 18.3. The molecule has 4 aromatic rings. The van der Waals surface area contributed by atoms with Crippen LogP contribution >= 0.6 is 23.2 Å². The summed E-state index contributed by atoms with van der Waals surface area (Å²) in [5.74, 6) is -0.0871. The van der Waals surface area contributed by atoms with Crippen LogP contribution in [0.25, 0.3) is 16.8 Å². The molecule has 156 valence electrons. The first-order valence-corrected chi connectivity index (χ1v) is 10.2. The first kappa shape index (κ1) is 21.0. The average Bonchev–Trinajstić information content (AvgIpc) is 3.13. The molecule has 0 spiro atoms. The average molecular weight is 453 g/mol. The standard InChI is InChI=1S/C24H18Cl2N2O3/c1-14-3-5-16(6-4-14)21-13-28(20-11-18(25)10-19(26)12-20)27-23(21)31-22-8-7-17(24(29)30)9-15(22)2/h3-13H,1-2H3,(H,29,30). The van der Waals surface area contributed by atoms with Gasteiger partial charge in [0.05, 0.1) is 16.8 Å². The van der Waals surface area contributed by atoms with Gasteiger partial charge in [-0.2, -0.15) is 0 Å². The summed E-state index contributed by atoms with van der Waals surface area (Å²) in [6.45, 7) is 3.81. The van der Waals surface area contributed by atoms with Crippen molar-refractivity contribution in [3.63, 3.8) is 0 Å². The van der Waals surface area contributed by atoms with Crippen LogP contribution < -0.4 is 4.74 Å². The third-order valence-electron chi connectivity index (χ3n) is 4.78. The Morgan fingerprint density at radius 2 is 1.65 bits per heavy atom. The summed E-state index contributed by atoms with van der Waals surface area (Å²) in [6.07, 6.45) is 1.85. The third-order valence-corrected chi connectivity index (χ3v) is 5.22. The topological polar surface area (TPSA) is 64.4 Å². The van der Waals surface area contributed by atoms with E-state index in [9.17, 15) is 9.90 Å². The molecule has 0 fully saturated rings. The van der Waals surface area contributed by atoms with E-state index in [0.29, 0.717) is 32.9 Å². The summed E-state index contributed by atoms with van der Waals surface area (Å²) in [6, 6.07) is 17.9. The van der Waals surface area contributed by atoms with E-state index in [1.807, 2.05) is 37.4 Å². The van der Waals surface area contributed by atoms with Crippen molar-refractivity contribution in [2.75, 3.05) is 0 Å². The Kier molecular flexibility index (Phi) is 5.72. The number of benzene rings is 3. The van der Waals surface area contributed by atoms with Crippen LogP contribution in [0.4, 0.5) is 0 Å². The van der Waals surface area contributed by atoms with Crippen LogP contribution in [0.1, 0.15) is 21.5 Å². The third kappa shape index (κ3) is 4.58. The number of carboxylic acids is 1. The Labute approximate surface area is 189 Å². The number of carbonyl (C=O) groups is 1. The van der Waals surface area contributed by atoms with Crippen molar-refractivity contribution in [3.8, 4) is 28.4 Å². The number of aromatic nitrogens is 2. The van der Waals surface area contributed by atoms with E-state index in [-0.39, 0.29) is 5.56 Å². The molecule has 0 saturated heterocycles. The summed E-state index contributed by atoms with van der Waals surface area (Å²) in [5.41, 5.74) is 4.43. The Morgan fingerprint density at radius 1 is 0.968 bits per heavy atom. The molecular formula is C24H18Cl2N2O3. The Hall–Kier alpha value is -3.28. The number of carboxylic acid groups (broad SMARTS) is 1. The lowest BCUT2D eigenvalue weighted by molar-refractivity contribution is 0.0696. The molecule has 3 aromatic carbocycles. The van der Waals surface area contributed by atoms with Crippen molar-refractivity contribution in [1.82, 2.24) is 9.78 Å². The zero-order chi connectivity index (χ0) is 22.1. The van der Waals surface area contributed by atoms with E-state index in [4.69, 9.17) is 27.9 Å². The SMILES string of the molecule is Cc1ccc(-c2cn(-c3cc(Cl)cc(Cl)c3)nc2Oc2ccc(C(=O)O)cc2C)cc1. The van der Waals surface area contributed by atoms with Crippen LogP contribution in [0.15, 0.2) is 66.9 Å². The van der Waals surface area contributed by atoms with Gasteiger partial charge in [-0.25, -0.2) is 9.48 Å². The lowest BCUT2D eigenvalue weighted by atomic mass is 10.1. The molecule has 1 aromatic heterocycles. The van der Waals surface area contributed by atoms with Gasteiger partial charge in [0.25, 0.3) is 0 Å². The molecule has 7 heteroatoms. The number of rotatable bonds is 5. The minimum Gasteiger partial charge on any atom is -0.478 e. The number of aryl methyl sites for hydroxylation is 2. The summed E-state index contributed by atoms with van der Waals surface area (Å²) < 4.78 is 7.79. The highest BCUT2D eigenvalue weighted by Gasteiger charge is 2.17. The molecule has 5 nitrogen and oxygen atoms in total. The Balaban J connectivity index is 1.81. The Morgan fingerprint density at radius 3 is 2.26 bits per heavy atom. The van der Waals surface area contributed by atoms with Crippen molar-refractivity contribution in [2.45, 2.75) is 13.8 Å². The van der Waals surface area contributed by atoms with Crippen molar-refractivity contribution >= 4 is 29.2 Å². The first-order valence-electron chi connectivity index (χ1n) is 9.45. The highest BCUT2D eigenvalue weighted by molar-refractivity contribution is 6.34. The van der Waals surface area contributed by atoms with Crippen LogP contribution in [0, 0.1) is 13.8 Å². The monoisotopic (exact) mass is 452 g/mol. The molecule has 1 heterocycles. The molecule has 0 bridgehead atoms. The number of nitrogens with zero attached hydrogens (tertiary/aromatic N) is 2. The lowest BCUT2D eigenvalue weighted by Gasteiger charge is -2.09. The maximum absolute atomic E-state index is 11.2. The van der Waals surface area contributed by atoms with Crippen molar-refractivity contribution in [3.05, 3.63) is 93.6 Å². The van der Waals surface area contributed by atoms with Crippen LogP contribution in [-0.4, -0.2) is 20.9 Å². The van der Waals surface area contributed by atoms with Gasteiger partial charge in [0.1, 0.15) is 5.75 Å². The first-order chi connectivity index (χ1) is 14.8. The van der Waals surface area contributed by atoms with Gasteiger partial charge in [0, 0.05) is 16.2 Å². The minimum absolute atomic E-state index is 0.197. The molecule has 0 unspecified atom stereocenters. The van der Waals surface area contributed by atoms with Gasteiger partial charge in [0.2, 0.25) is 5.88 Å². The maximum atomic E-state index is 11.2. The van der Waals surface area contributed by atoms with Gasteiger partial charge in [-0.15, -0.1) is 5.10 Å². The van der Waals surface area contributed by atoms with E-state index in [0.717, 1.165) is 16.7 Å². The minimum atomic E-state index is -0.989. The van der Waals surface area contributed by atoms with Crippen molar-refractivity contribution in [2.24, 2.45) is 0 Å². The molecular weight excluding hydrogens is 435 g/mol. The zero-order valence-electron chi connectivity index (χ0n) is 16.8. The van der Waals surface area contributed by atoms with E-state index < -0.39 is 5.97 Å². The number of ether oxygens (including phenoxy) is 1. The van der Waals surface area contributed by atoms with Gasteiger partial charge in [0.15, 0.2) is 0 Å². The predicted molar refractivity (Wildman–Crippen MR) is 122 cm³/mol. The second kappa shape index (κ2) is 8.46. The number of hydrogen-bond donors (Lipinski definition) is 1.